The summed E-state index contributed by atoms with van der Waals surface area (Å²) in [6.07, 6.45) is 1.39. The third kappa shape index (κ3) is 4.64. The Morgan fingerprint density at radius 2 is 1.82 bits per heavy atom. The van der Waals surface area contributed by atoms with Crippen LogP contribution < -0.4 is 10.1 Å². The number of rotatable bonds is 4. The summed E-state index contributed by atoms with van der Waals surface area (Å²) >= 11 is 3.33. The largest absolute Gasteiger partial charge is 0.426 e. The Hall–Kier alpha value is -3.43. The van der Waals surface area contributed by atoms with Crippen molar-refractivity contribution in [2.75, 3.05) is 5.32 Å². The lowest BCUT2D eigenvalue weighted by Gasteiger charge is -2.08. The van der Waals surface area contributed by atoms with Gasteiger partial charge in [-0.3, -0.25) is 9.59 Å². The van der Waals surface area contributed by atoms with Crippen LogP contribution >= 0.6 is 15.9 Å². The molecule has 0 aliphatic heterocycles. The molecular formula is C22H15BrN2O3. The van der Waals surface area contributed by atoms with E-state index in [1.54, 1.807) is 24.3 Å². The lowest BCUT2D eigenvalue weighted by Crippen LogP contribution is -2.13. The molecule has 0 aliphatic carbocycles. The highest BCUT2D eigenvalue weighted by molar-refractivity contribution is 9.10. The molecule has 0 bridgehead atoms. The summed E-state index contributed by atoms with van der Waals surface area (Å²) in [6, 6.07) is 20.2. The van der Waals surface area contributed by atoms with E-state index in [0.29, 0.717) is 11.3 Å². The van der Waals surface area contributed by atoms with Gasteiger partial charge in [0.2, 0.25) is 0 Å². The van der Waals surface area contributed by atoms with Gasteiger partial charge in [0.25, 0.3) is 5.91 Å². The molecule has 28 heavy (non-hydrogen) atoms. The van der Waals surface area contributed by atoms with Crippen molar-refractivity contribution >= 4 is 50.3 Å². The fourth-order valence-electron chi connectivity index (χ4n) is 2.65. The van der Waals surface area contributed by atoms with Crippen LogP contribution in [0.5, 0.6) is 5.75 Å². The van der Waals surface area contributed by atoms with Gasteiger partial charge < -0.3 is 10.1 Å². The summed E-state index contributed by atoms with van der Waals surface area (Å²) in [7, 11) is 0. The summed E-state index contributed by atoms with van der Waals surface area (Å²) in [4.78, 5) is 23.9. The first-order valence-corrected chi connectivity index (χ1v) is 9.15. The average Bonchev–Trinajstić information content (AvgIpc) is 2.67. The van der Waals surface area contributed by atoms with Crippen molar-refractivity contribution in [3.8, 4) is 11.8 Å². The van der Waals surface area contributed by atoms with Gasteiger partial charge in [-0.1, -0.05) is 46.3 Å². The van der Waals surface area contributed by atoms with Crippen molar-refractivity contribution in [2.24, 2.45) is 0 Å². The van der Waals surface area contributed by atoms with Crippen molar-refractivity contribution in [1.82, 2.24) is 0 Å². The van der Waals surface area contributed by atoms with Crippen LogP contribution in [0.3, 0.4) is 0 Å². The second-order valence-corrected chi connectivity index (χ2v) is 6.88. The number of carbonyl (C=O) groups is 2. The molecule has 0 aromatic heterocycles. The van der Waals surface area contributed by atoms with Gasteiger partial charge in [0, 0.05) is 22.6 Å². The van der Waals surface area contributed by atoms with Gasteiger partial charge in [-0.25, -0.2) is 0 Å². The first-order valence-electron chi connectivity index (χ1n) is 8.36. The molecule has 1 N–H and O–H groups in total. The van der Waals surface area contributed by atoms with Crippen LogP contribution in [-0.2, 0) is 9.59 Å². The molecule has 0 heterocycles. The van der Waals surface area contributed by atoms with Crippen LogP contribution in [0.15, 0.2) is 70.7 Å². The zero-order chi connectivity index (χ0) is 20.1. The van der Waals surface area contributed by atoms with E-state index in [2.05, 4.69) is 21.2 Å². The highest BCUT2D eigenvalue weighted by atomic mass is 79.9. The lowest BCUT2D eigenvalue weighted by atomic mass is 10.1. The number of hydrogen-bond donors (Lipinski definition) is 1. The van der Waals surface area contributed by atoms with Crippen LogP contribution in [-0.4, -0.2) is 11.9 Å². The van der Waals surface area contributed by atoms with Crippen LogP contribution in [0.1, 0.15) is 12.5 Å². The summed E-state index contributed by atoms with van der Waals surface area (Å²) in [5.41, 5.74) is 0.911. The zero-order valence-corrected chi connectivity index (χ0v) is 16.5. The third-order valence-electron chi connectivity index (χ3n) is 3.90. The molecule has 5 nitrogen and oxygen atoms in total. The van der Waals surface area contributed by atoms with E-state index >= 15 is 0 Å². The molecule has 3 rings (SSSR count). The van der Waals surface area contributed by atoms with E-state index < -0.39 is 11.9 Å². The normalized spacial score (nSPS) is 11.0. The molecule has 0 spiro atoms. The number of ether oxygens (including phenoxy) is 1. The summed E-state index contributed by atoms with van der Waals surface area (Å²) in [6.45, 7) is 1.28. The highest BCUT2D eigenvalue weighted by Gasteiger charge is 2.13. The van der Waals surface area contributed by atoms with E-state index in [1.165, 1.54) is 13.0 Å². The topological polar surface area (TPSA) is 79.2 Å². The fourth-order valence-corrected chi connectivity index (χ4v) is 3.03. The maximum absolute atomic E-state index is 12.6. The number of amides is 1. The quantitative estimate of drug-likeness (QED) is 0.269. The average molecular weight is 435 g/mol. The predicted molar refractivity (Wildman–Crippen MR) is 112 cm³/mol. The standard InChI is InChI=1S/C22H15BrN2O3/c1-14(26)28-21-9-7-19(23)11-17(21)10-18(13-24)22(27)25-20-8-6-15-4-2-3-5-16(15)12-20/h2-12H,1H3,(H,25,27)/b18-10+. The number of halogens is 1. The van der Waals surface area contributed by atoms with Gasteiger partial charge in [0.05, 0.1) is 0 Å². The van der Waals surface area contributed by atoms with Crippen molar-refractivity contribution < 1.29 is 14.3 Å². The zero-order valence-electron chi connectivity index (χ0n) is 14.9. The molecule has 0 radical (unpaired) electrons. The number of nitrogens with one attached hydrogen (secondary N) is 1. The van der Waals surface area contributed by atoms with E-state index in [-0.39, 0.29) is 11.3 Å². The Balaban J connectivity index is 1.90. The Bertz CT molecular complexity index is 1150. The molecule has 138 valence electrons. The number of fused-ring (bicyclic) bond motifs is 1. The maximum Gasteiger partial charge on any atom is 0.308 e. The molecule has 0 aliphatic rings. The summed E-state index contributed by atoms with van der Waals surface area (Å²) < 4.78 is 5.87. The lowest BCUT2D eigenvalue weighted by molar-refractivity contribution is -0.131. The van der Waals surface area contributed by atoms with E-state index in [9.17, 15) is 14.9 Å². The van der Waals surface area contributed by atoms with Gasteiger partial charge in [-0.15, -0.1) is 0 Å². The van der Waals surface area contributed by atoms with Crippen molar-refractivity contribution in [3.05, 3.63) is 76.3 Å². The Kier molecular flexibility index (Phi) is 5.87. The smallest absolute Gasteiger partial charge is 0.308 e. The molecule has 3 aromatic rings. The van der Waals surface area contributed by atoms with Gasteiger partial charge in [0.15, 0.2) is 0 Å². The van der Waals surface area contributed by atoms with E-state index in [1.807, 2.05) is 42.5 Å². The van der Waals surface area contributed by atoms with Gasteiger partial charge in [-0.2, -0.15) is 5.26 Å². The Morgan fingerprint density at radius 1 is 1.07 bits per heavy atom. The third-order valence-corrected chi connectivity index (χ3v) is 4.39. The molecule has 0 unspecified atom stereocenters. The first kappa shape index (κ1) is 19.3. The number of nitrogens with zero attached hydrogens (tertiary/aromatic N) is 1. The SMILES string of the molecule is CC(=O)Oc1ccc(Br)cc1/C=C(\C#N)C(=O)Nc1ccc2ccccc2c1. The second kappa shape index (κ2) is 8.51. The number of anilines is 1. The number of carbonyl (C=O) groups excluding carboxylic acids is 2. The van der Waals surface area contributed by atoms with Gasteiger partial charge in [-0.05, 0) is 47.2 Å². The van der Waals surface area contributed by atoms with Crippen LogP contribution in [0.25, 0.3) is 16.8 Å². The maximum atomic E-state index is 12.6. The molecule has 1 amide bonds. The van der Waals surface area contributed by atoms with Crippen LogP contribution in [0, 0.1) is 11.3 Å². The summed E-state index contributed by atoms with van der Waals surface area (Å²) in [5.74, 6) is -0.774. The fraction of sp³-hybridized carbons (Fsp3) is 0.0455. The van der Waals surface area contributed by atoms with Crippen LogP contribution in [0.4, 0.5) is 5.69 Å². The number of hydrogen-bond acceptors (Lipinski definition) is 4. The number of esters is 1. The van der Waals surface area contributed by atoms with Crippen molar-refractivity contribution in [3.63, 3.8) is 0 Å². The van der Waals surface area contributed by atoms with Crippen LogP contribution in [0.2, 0.25) is 0 Å². The van der Waals surface area contributed by atoms with E-state index in [4.69, 9.17) is 4.74 Å². The van der Waals surface area contributed by atoms with E-state index in [0.717, 1.165) is 15.2 Å². The second-order valence-electron chi connectivity index (χ2n) is 5.96. The highest BCUT2D eigenvalue weighted by Crippen LogP contribution is 2.26. The minimum absolute atomic E-state index is 0.111. The predicted octanol–water partition coefficient (Wildman–Crippen LogP) is 5.07. The first-order chi connectivity index (χ1) is 13.5. The minimum atomic E-state index is -0.550. The number of nitriles is 1. The minimum Gasteiger partial charge on any atom is -0.426 e. The molecule has 0 atom stereocenters. The van der Waals surface area contributed by atoms with Crippen molar-refractivity contribution in [2.45, 2.75) is 6.92 Å². The van der Waals surface area contributed by atoms with Gasteiger partial charge >= 0.3 is 5.97 Å². The molecule has 0 saturated heterocycles. The van der Waals surface area contributed by atoms with Gasteiger partial charge in [0.1, 0.15) is 17.4 Å². The molecule has 0 saturated carbocycles. The summed E-state index contributed by atoms with van der Waals surface area (Å²) in [5, 5.41) is 14.2. The molecular weight excluding hydrogens is 420 g/mol. The number of benzene rings is 3. The molecule has 6 heteroatoms. The Labute approximate surface area is 170 Å². The molecule has 0 fully saturated rings. The Morgan fingerprint density at radius 3 is 2.54 bits per heavy atom. The molecule has 3 aromatic carbocycles. The van der Waals surface area contributed by atoms with Crippen molar-refractivity contribution in [1.29, 1.82) is 5.26 Å². The monoisotopic (exact) mass is 434 g/mol.